The van der Waals surface area contributed by atoms with E-state index in [4.69, 9.17) is 20.4 Å². The van der Waals surface area contributed by atoms with E-state index in [9.17, 15) is 0 Å². The number of morpholine rings is 1. The van der Waals surface area contributed by atoms with E-state index in [2.05, 4.69) is 51.0 Å². The Hall–Kier alpha value is -3.00. The van der Waals surface area contributed by atoms with Gasteiger partial charge in [-0.05, 0) is 25.0 Å². The van der Waals surface area contributed by atoms with Crippen LogP contribution in [0, 0.1) is 6.92 Å². The van der Waals surface area contributed by atoms with Gasteiger partial charge in [0.15, 0.2) is 0 Å². The molecule has 2 N–H and O–H groups in total. The zero-order chi connectivity index (χ0) is 19.8. The molecule has 0 bridgehead atoms. The molecule has 1 atom stereocenters. The first-order valence-electron chi connectivity index (χ1n) is 10.1. The third-order valence-electron chi connectivity index (χ3n) is 5.73. The number of aryl methyl sites for hydroxylation is 1. The number of fused-ring (bicyclic) bond motifs is 1. The molecule has 3 aliphatic rings. The molecule has 1 aromatic heterocycles. The number of ether oxygens (including phenoxy) is 1. The Kier molecular flexibility index (Phi) is 4.63. The SMILES string of the molecule is Cc1ccccc1N1CCc2c(C3C=NC(N)=NC3)nc(N3CCOCC3)nc21. The van der Waals surface area contributed by atoms with Crippen molar-refractivity contribution in [3.05, 3.63) is 41.1 Å². The van der Waals surface area contributed by atoms with Gasteiger partial charge in [0.05, 0.1) is 31.4 Å². The summed E-state index contributed by atoms with van der Waals surface area (Å²) in [5.74, 6) is 2.12. The molecule has 0 saturated carbocycles. The van der Waals surface area contributed by atoms with E-state index in [0.717, 1.165) is 43.5 Å². The molecule has 0 radical (unpaired) electrons. The van der Waals surface area contributed by atoms with Crippen LogP contribution in [0.5, 0.6) is 0 Å². The fourth-order valence-electron chi connectivity index (χ4n) is 4.19. The molecule has 1 unspecified atom stereocenters. The summed E-state index contributed by atoms with van der Waals surface area (Å²) in [5, 5.41) is 0. The van der Waals surface area contributed by atoms with Crippen LogP contribution in [-0.4, -0.2) is 61.5 Å². The second kappa shape index (κ2) is 7.44. The van der Waals surface area contributed by atoms with Gasteiger partial charge < -0.3 is 20.3 Å². The van der Waals surface area contributed by atoms with Crippen molar-refractivity contribution in [2.75, 3.05) is 49.2 Å². The number of benzene rings is 1. The summed E-state index contributed by atoms with van der Waals surface area (Å²) in [4.78, 5) is 23.1. The van der Waals surface area contributed by atoms with Crippen LogP contribution in [-0.2, 0) is 11.2 Å². The van der Waals surface area contributed by atoms with Crippen LogP contribution in [0.4, 0.5) is 17.5 Å². The predicted octanol–water partition coefficient (Wildman–Crippen LogP) is 1.80. The van der Waals surface area contributed by atoms with Crippen molar-refractivity contribution in [1.29, 1.82) is 0 Å². The summed E-state index contributed by atoms with van der Waals surface area (Å²) < 4.78 is 5.52. The molecule has 1 aromatic carbocycles. The number of para-hydroxylation sites is 1. The van der Waals surface area contributed by atoms with Gasteiger partial charge in [0.2, 0.25) is 11.9 Å². The normalized spacial score (nSPS) is 21.3. The highest BCUT2D eigenvalue weighted by Gasteiger charge is 2.31. The number of guanidine groups is 1. The van der Waals surface area contributed by atoms with E-state index in [1.165, 1.54) is 16.8 Å². The quantitative estimate of drug-likeness (QED) is 0.858. The molecule has 4 heterocycles. The maximum Gasteiger partial charge on any atom is 0.227 e. The second-order valence-corrected chi connectivity index (χ2v) is 7.58. The Balaban J connectivity index is 1.60. The van der Waals surface area contributed by atoms with Crippen LogP contribution in [0.25, 0.3) is 0 Å². The molecule has 0 aliphatic carbocycles. The molecule has 8 nitrogen and oxygen atoms in total. The highest BCUT2D eigenvalue weighted by Crippen LogP contribution is 2.39. The van der Waals surface area contributed by atoms with Gasteiger partial charge in [-0.3, -0.25) is 4.99 Å². The number of hydrogen-bond acceptors (Lipinski definition) is 8. The Bertz CT molecular complexity index is 981. The molecule has 2 aromatic rings. The number of hydrogen-bond donors (Lipinski definition) is 1. The van der Waals surface area contributed by atoms with Crippen LogP contribution in [0.15, 0.2) is 34.3 Å². The summed E-state index contributed by atoms with van der Waals surface area (Å²) >= 11 is 0. The van der Waals surface area contributed by atoms with Crippen molar-refractivity contribution in [2.24, 2.45) is 15.7 Å². The maximum absolute atomic E-state index is 5.74. The van der Waals surface area contributed by atoms with Gasteiger partial charge in [-0.2, -0.15) is 4.98 Å². The fourth-order valence-corrected chi connectivity index (χ4v) is 4.19. The lowest BCUT2D eigenvalue weighted by molar-refractivity contribution is 0.122. The van der Waals surface area contributed by atoms with Gasteiger partial charge in [0, 0.05) is 37.1 Å². The molecule has 0 amide bonds. The third-order valence-corrected chi connectivity index (χ3v) is 5.73. The monoisotopic (exact) mass is 391 g/mol. The minimum atomic E-state index is 0.0238. The van der Waals surface area contributed by atoms with Gasteiger partial charge in [-0.1, -0.05) is 18.2 Å². The van der Waals surface area contributed by atoms with Crippen molar-refractivity contribution < 1.29 is 4.74 Å². The number of rotatable bonds is 3. The largest absolute Gasteiger partial charge is 0.378 e. The van der Waals surface area contributed by atoms with E-state index in [1.807, 2.05) is 6.21 Å². The van der Waals surface area contributed by atoms with Gasteiger partial charge in [0.1, 0.15) is 5.82 Å². The smallest absolute Gasteiger partial charge is 0.227 e. The van der Waals surface area contributed by atoms with Gasteiger partial charge >= 0.3 is 0 Å². The minimum Gasteiger partial charge on any atom is -0.378 e. The van der Waals surface area contributed by atoms with Crippen molar-refractivity contribution >= 4 is 29.6 Å². The average Bonchev–Trinajstić information content (AvgIpc) is 3.18. The first-order valence-corrected chi connectivity index (χ1v) is 10.1. The van der Waals surface area contributed by atoms with Crippen LogP contribution in [0.3, 0.4) is 0 Å². The lowest BCUT2D eigenvalue weighted by Crippen LogP contribution is -2.38. The van der Waals surface area contributed by atoms with Gasteiger partial charge in [-0.25, -0.2) is 9.98 Å². The van der Waals surface area contributed by atoms with Gasteiger partial charge in [0.25, 0.3) is 0 Å². The highest BCUT2D eigenvalue weighted by atomic mass is 16.5. The van der Waals surface area contributed by atoms with Crippen molar-refractivity contribution in [2.45, 2.75) is 19.3 Å². The fraction of sp³-hybridized carbons (Fsp3) is 0.429. The molecule has 150 valence electrons. The van der Waals surface area contributed by atoms with E-state index in [-0.39, 0.29) is 5.92 Å². The van der Waals surface area contributed by atoms with E-state index in [1.54, 1.807) is 0 Å². The topological polar surface area (TPSA) is 92.2 Å². The maximum atomic E-state index is 5.74. The Morgan fingerprint density at radius 3 is 2.69 bits per heavy atom. The standard InChI is InChI=1S/C21H25N7O/c1-14-4-2-3-5-17(14)28-7-6-16-18(15-12-23-20(22)24-13-15)25-21(26-19(16)28)27-8-10-29-11-9-27/h2-5,12,15H,6-11,13H2,1H3,(H2,22,24). The highest BCUT2D eigenvalue weighted by molar-refractivity contribution is 5.90. The molecule has 1 fully saturated rings. The Morgan fingerprint density at radius 2 is 1.93 bits per heavy atom. The van der Waals surface area contributed by atoms with E-state index < -0.39 is 0 Å². The number of anilines is 3. The molecule has 29 heavy (non-hydrogen) atoms. The number of aromatic nitrogens is 2. The second-order valence-electron chi connectivity index (χ2n) is 7.58. The third kappa shape index (κ3) is 3.33. The first-order chi connectivity index (χ1) is 14.2. The van der Waals surface area contributed by atoms with Crippen LogP contribution >= 0.6 is 0 Å². The molecule has 5 rings (SSSR count). The molecule has 3 aliphatic heterocycles. The lowest BCUT2D eigenvalue weighted by atomic mass is 10.00. The van der Waals surface area contributed by atoms with Crippen LogP contribution < -0.4 is 15.5 Å². The Morgan fingerprint density at radius 1 is 1.10 bits per heavy atom. The molecular formula is C21H25N7O. The van der Waals surface area contributed by atoms with Crippen molar-refractivity contribution in [1.82, 2.24) is 9.97 Å². The molecule has 0 spiro atoms. The zero-order valence-corrected chi connectivity index (χ0v) is 16.6. The van der Waals surface area contributed by atoms with Gasteiger partial charge in [-0.15, -0.1) is 0 Å². The summed E-state index contributed by atoms with van der Waals surface area (Å²) in [6.07, 6.45) is 2.79. The zero-order valence-electron chi connectivity index (χ0n) is 16.6. The predicted molar refractivity (Wildman–Crippen MR) is 115 cm³/mol. The summed E-state index contributed by atoms with van der Waals surface area (Å²) in [6.45, 7) is 6.60. The summed E-state index contributed by atoms with van der Waals surface area (Å²) in [7, 11) is 0. The number of aliphatic imine (C=N–C) groups is 2. The molecule has 8 heteroatoms. The molecule has 1 saturated heterocycles. The summed E-state index contributed by atoms with van der Waals surface area (Å²) in [6, 6.07) is 8.45. The van der Waals surface area contributed by atoms with Crippen LogP contribution in [0.1, 0.15) is 22.7 Å². The number of nitrogens with zero attached hydrogens (tertiary/aromatic N) is 6. The van der Waals surface area contributed by atoms with Crippen molar-refractivity contribution in [3.8, 4) is 0 Å². The number of nitrogens with two attached hydrogens (primary N) is 1. The average molecular weight is 391 g/mol. The van der Waals surface area contributed by atoms with E-state index >= 15 is 0 Å². The van der Waals surface area contributed by atoms with Crippen molar-refractivity contribution in [3.63, 3.8) is 0 Å². The summed E-state index contributed by atoms with van der Waals surface area (Å²) in [5.41, 5.74) is 10.4. The lowest BCUT2D eigenvalue weighted by Gasteiger charge is -2.29. The molecular weight excluding hydrogens is 366 g/mol. The first kappa shape index (κ1) is 18.1. The van der Waals surface area contributed by atoms with Crippen LogP contribution in [0.2, 0.25) is 0 Å². The minimum absolute atomic E-state index is 0.0238. The Labute approximate surface area is 170 Å². The van der Waals surface area contributed by atoms with E-state index in [0.29, 0.717) is 25.7 Å².